The standard InChI is InChI=1S/C26H30F2/c1-3-5-7-8-9-21-11-13-22(14-12-21)15-16-23-17-19-24(20-18-23)26(28)25(27)10-6-4-2/h11-14,17-20H,3-10H2,1-2H3/b26-25+. The third-order valence-electron chi connectivity index (χ3n) is 4.75. The second-order valence-corrected chi connectivity index (χ2v) is 7.16. The number of unbranched alkanes of at least 4 members (excludes halogenated alkanes) is 4. The van der Waals surface area contributed by atoms with Gasteiger partial charge in [0, 0.05) is 23.1 Å². The van der Waals surface area contributed by atoms with Crippen LogP contribution in [-0.2, 0) is 6.42 Å². The van der Waals surface area contributed by atoms with E-state index in [1.807, 2.05) is 19.1 Å². The van der Waals surface area contributed by atoms with E-state index in [0.717, 1.165) is 24.0 Å². The summed E-state index contributed by atoms with van der Waals surface area (Å²) in [6.07, 6.45) is 7.83. The number of allylic oxidation sites excluding steroid dienone is 1. The summed E-state index contributed by atoms with van der Waals surface area (Å²) in [7, 11) is 0. The first-order valence-corrected chi connectivity index (χ1v) is 10.4. The van der Waals surface area contributed by atoms with Gasteiger partial charge in [0.2, 0.25) is 0 Å². The minimum atomic E-state index is -0.762. The zero-order chi connectivity index (χ0) is 20.2. The third kappa shape index (κ3) is 7.31. The molecule has 0 atom stereocenters. The molecule has 0 fully saturated rings. The lowest BCUT2D eigenvalue weighted by Crippen LogP contribution is -1.86. The van der Waals surface area contributed by atoms with Crippen molar-refractivity contribution in [1.82, 2.24) is 0 Å². The van der Waals surface area contributed by atoms with Crippen molar-refractivity contribution in [2.24, 2.45) is 0 Å². The Labute approximate surface area is 168 Å². The fourth-order valence-electron chi connectivity index (χ4n) is 2.95. The van der Waals surface area contributed by atoms with Gasteiger partial charge >= 0.3 is 0 Å². The van der Waals surface area contributed by atoms with Gasteiger partial charge in [-0.2, -0.15) is 0 Å². The highest BCUT2D eigenvalue weighted by molar-refractivity contribution is 5.62. The minimum Gasteiger partial charge on any atom is -0.209 e. The smallest absolute Gasteiger partial charge is 0.161 e. The van der Waals surface area contributed by atoms with Crippen molar-refractivity contribution in [2.45, 2.75) is 65.2 Å². The Bertz CT molecular complexity index is 802. The van der Waals surface area contributed by atoms with Crippen LogP contribution in [0.3, 0.4) is 0 Å². The molecule has 0 unspecified atom stereocenters. The van der Waals surface area contributed by atoms with E-state index >= 15 is 0 Å². The first-order chi connectivity index (χ1) is 13.6. The predicted octanol–water partition coefficient (Wildman–Crippen LogP) is 8.01. The molecular weight excluding hydrogens is 350 g/mol. The minimum absolute atomic E-state index is 0.151. The van der Waals surface area contributed by atoms with Crippen LogP contribution in [-0.4, -0.2) is 0 Å². The summed E-state index contributed by atoms with van der Waals surface area (Å²) in [5.74, 6) is 4.79. The van der Waals surface area contributed by atoms with Gasteiger partial charge in [-0.15, -0.1) is 0 Å². The van der Waals surface area contributed by atoms with Crippen LogP contribution in [0.5, 0.6) is 0 Å². The van der Waals surface area contributed by atoms with Gasteiger partial charge in [0.15, 0.2) is 5.83 Å². The molecule has 148 valence electrons. The first-order valence-electron chi connectivity index (χ1n) is 10.4. The molecule has 0 radical (unpaired) electrons. The summed E-state index contributed by atoms with van der Waals surface area (Å²) >= 11 is 0. The quantitative estimate of drug-likeness (QED) is 0.305. The van der Waals surface area contributed by atoms with Gasteiger partial charge in [-0.05, 0) is 49.1 Å². The molecule has 0 amide bonds. The summed E-state index contributed by atoms with van der Waals surface area (Å²) in [5.41, 5.74) is 3.36. The van der Waals surface area contributed by atoms with Crippen LogP contribution in [0.1, 0.15) is 81.0 Å². The molecule has 0 aliphatic carbocycles. The summed E-state index contributed by atoms with van der Waals surface area (Å²) in [5, 5.41) is 0. The van der Waals surface area contributed by atoms with Crippen LogP contribution in [0.4, 0.5) is 8.78 Å². The highest BCUT2D eigenvalue weighted by Crippen LogP contribution is 2.25. The lowest BCUT2D eigenvalue weighted by atomic mass is 10.0. The maximum absolute atomic E-state index is 14.1. The predicted molar refractivity (Wildman–Crippen MR) is 115 cm³/mol. The Morgan fingerprint density at radius 3 is 1.86 bits per heavy atom. The molecule has 2 aromatic carbocycles. The summed E-state index contributed by atoms with van der Waals surface area (Å²) in [6.45, 7) is 4.18. The molecule has 2 aromatic rings. The van der Waals surface area contributed by atoms with E-state index in [9.17, 15) is 8.78 Å². The van der Waals surface area contributed by atoms with Gasteiger partial charge in [-0.25, -0.2) is 8.78 Å². The van der Waals surface area contributed by atoms with Gasteiger partial charge in [-0.1, -0.05) is 75.6 Å². The molecule has 28 heavy (non-hydrogen) atoms. The van der Waals surface area contributed by atoms with Gasteiger partial charge in [-0.3, -0.25) is 0 Å². The van der Waals surface area contributed by atoms with Crippen molar-refractivity contribution in [2.75, 3.05) is 0 Å². The van der Waals surface area contributed by atoms with Crippen LogP contribution in [0.2, 0.25) is 0 Å². The van der Waals surface area contributed by atoms with Gasteiger partial charge in [0.25, 0.3) is 0 Å². The normalized spacial score (nSPS) is 11.6. The lowest BCUT2D eigenvalue weighted by Gasteiger charge is -2.02. The van der Waals surface area contributed by atoms with Gasteiger partial charge < -0.3 is 0 Å². The van der Waals surface area contributed by atoms with Crippen molar-refractivity contribution >= 4 is 5.83 Å². The topological polar surface area (TPSA) is 0 Å². The van der Waals surface area contributed by atoms with E-state index in [2.05, 4.69) is 30.9 Å². The van der Waals surface area contributed by atoms with E-state index in [4.69, 9.17) is 0 Å². The highest BCUT2D eigenvalue weighted by Gasteiger charge is 2.08. The molecule has 0 saturated heterocycles. The maximum atomic E-state index is 14.1. The molecule has 0 heterocycles. The van der Waals surface area contributed by atoms with Gasteiger partial charge in [0.1, 0.15) is 5.83 Å². The Hall–Kier alpha value is -2.40. The Morgan fingerprint density at radius 2 is 1.29 bits per heavy atom. The van der Waals surface area contributed by atoms with E-state index in [-0.39, 0.29) is 12.0 Å². The molecular formula is C26H30F2. The number of hydrogen-bond acceptors (Lipinski definition) is 0. The lowest BCUT2D eigenvalue weighted by molar-refractivity contribution is 0.548. The first kappa shape index (κ1) is 21.9. The number of aryl methyl sites for hydroxylation is 1. The van der Waals surface area contributed by atoms with Crippen molar-refractivity contribution in [3.05, 3.63) is 76.6 Å². The summed E-state index contributed by atoms with van der Waals surface area (Å²) in [6, 6.07) is 15.0. The monoisotopic (exact) mass is 380 g/mol. The molecule has 0 N–H and O–H groups in total. The van der Waals surface area contributed by atoms with Crippen molar-refractivity contribution in [3.8, 4) is 11.8 Å². The maximum Gasteiger partial charge on any atom is 0.161 e. The van der Waals surface area contributed by atoms with E-state index in [1.54, 1.807) is 24.3 Å². The van der Waals surface area contributed by atoms with Crippen LogP contribution < -0.4 is 0 Å². The number of benzene rings is 2. The molecule has 0 bridgehead atoms. The molecule has 0 aliphatic heterocycles. The molecule has 0 spiro atoms. The van der Waals surface area contributed by atoms with Crippen molar-refractivity contribution in [3.63, 3.8) is 0 Å². The highest BCUT2D eigenvalue weighted by atomic mass is 19.2. The molecule has 0 nitrogen and oxygen atoms in total. The average molecular weight is 381 g/mol. The van der Waals surface area contributed by atoms with E-state index in [1.165, 1.54) is 31.2 Å². The number of rotatable bonds is 9. The number of halogens is 2. The summed E-state index contributed by atoms with van der Waals surface area (Å²) < 4.78 is 27.8. The Balaban J connectivity index is 1.96. The Morgan fingerprint density at radius 1 is 0.714 bits per heavy atom. The van der Waals surface area contributed by atoms with Crippen LogP contribution >= 0.6 is 0 Å². The van der Waals surface area contributed by atoms with Crippen LogP contribution in [0.25, 0.3) is 5.83 Å². The Kier molecular flexibility index (Phi) is 9.49. The fourth-order valence-corrected chi connectivity index (χ4v) is 2.95. The van der Waals surface area contributed by atoms with E-state index in [0.29, 0.717) is 6.42 Å². The zero-order valence-electron chi connectivity index (χ0n) is 17.0. The molecule has 2 rings (SSSR count). The van der Waals surface area contributed by atoms with Crippen molar-refractivity contribution in [1.29, 1.82) is 0 Å². The molecule has 0 aliphatic rings. The van der Waals surface area contributed by atoms with Crippen LogP contribution in [0, 0.1) is 11.8 Å². The number of hydrogen-bond donors (Lipinski definition) is 0. The second kappa shape index (κ2) is 12.1. The molecule has 2 heteroatoms. The molecule has 0 saturated carbocycles. The fraction of sp³-hybridized carbons (Fsp3) is 0.385. The second-order valence-electron chi connectivity index (χ2n) is 7.16. The van der Waals surface area contributed by atoms with Crippen molar-refractivity contribution < 1.29 is 8.78 Å². The largest absolute Gasteiger partial charge is 0.209 e. The van der Waals surface area contributed by atoms with Gasteiger partial charge in [0.05, 0.1) is 0 Å². The molecule has 0 aromatic heterocycles. The summed E-state index contributed by atoms with van der Waals surface area (Å²) in [4.78, 5) is 0. The zero-order valence-corrected chi connectivity index (χ0v) is 17.0. The third-order valence-corrected chi connectivity index (χ3v) is 4.75. The SMILES string of the molecule is CCCCCCc1ccc(C#Cc2ccc(/C(F)=C(\F)CCCC)cc2)cc1. The average Bonchev–Trinajstić information content (AvgIpc) is 2.74. The van der Waals surface area contributed by atoms with E-state index < -0.39 is 11.7 Å². The van der Waals surface area contributed by atoms with Crippen LogP contribution in [0.15, 0.2) is 54.4 Å².